The van der Waals surface area contributed by atoms with Gasteiger partial charge in [-0.3, -0.25) is 0 Å². The number of aliphatic hydroxyl groups is 1. The summed E-state index contributed by atoms with van der Waals surface area (Å²) in [6.45, 7) is 1.73. The van der Waals surface area contributed by atoms with Crippen molar-refractivity contribution >= 4 is 0 Å². The van der Waals surface area contributed by atoms with E-state index in [2.05, 4.69) is 10.1 Å². The van der Waals surface area contributed by atoms with Gasteiger partial charge in [-0.25, -0.2) is 9.67 Å². The molecule has 0 fully saturated rings. The van der Waals surface area contributed by atoms with Crippen LogP contribution in [0.1, 0.15) is 18.6 Å². The van der Waals surface area contributed by atoms with E-state index >= 15 is 0 Å². The molecule has 0 saturated carbocycles. The summed E-state index contributed by atoms with van der Waals surface area (Å²) in [4.78, 5) is 3.87. The first-order chi connectivity index (χ1) is 6.79. The van der Waals surface area contributed by atoms with Crippen molar-refractivity contribution in [3.05, 3.63) is 42.5 Å². The van der Waals surface area contributed by atoms with Crippen molar-refractivity contribution in [3.8, 4) is 5.69 Å². The number of para-hydroxylation sites is 1. The SMILES string of the molecule is C[C@H](O)c1ccccc1-n1cncn1. The van der Waals surface area contributed by atoms with Crippen molar-refractivity contribution in [2.45, 2.75) is 13.0 Å². The third kappa shape index (κ3) is 1.52. The Hall–Kier alpha value is -1.68. The lowest BCUT2D eigenvalue weighted by Gasteiger charge is -2.10. The first-order valence-corrected chi connectivity index (χ1v) is 4.41. The van der Waals surface area contributed by atoms with Crippen LogP contribution >= 0.6 is 0 Å². The van der Waals surface area contributed by atoms with Crippen LogP contribution in [-0.2, 0) is 0 Å². The second-order valence-electron chi connectivity index (χ2n) is 3.07. The molecule has 1 aromatic heterocycles. The quantitative estimate of drug-likeness (QED) is 0.775. The Morgan fingerprint density at radius 1 is 1.36 bits per heavy atom. The fourth-order valence-electron chi connectivity index (χ4n) is 1.38. The second kappa shape index (κ2) is 3.59. The van der Waals surface area contributed by atoms with Crippen LogP contribution < -0.4 is 0 Å². The summed E-state index contributed by atoms with van der Waals surface area (Å²) < 4.78 is 1.64. The molecule has 1 atom stereocenters. The zero-order chi connectivity index (χ0) is 9.97. The Labute approximate surface area is 81.8 Å². The molecule has 0 amide bonds. The van der Waals surface area contributed by atoms with Crippen molar-refractivity contribution < 1.29 is 5.11 Å². The maximum atomic E-state index is 9.54. The molecule has 2 rings (SSSR count). The minimum atomic E-state index is -0.504. The average molecular weight is 189 g/mol. The lowest BCUT2D eigenvalue weighted by molar-refractivity contribution is 0.199. The third-order valence-electron chi connectivity index (χ3n) is 2.05. The van der Waals surface area contributed by atoms with Gasteiger partial charge in [-0.15, -0.1) is 0 Å². The average Bonchev–Trinajstić information content (AvgIpc) is 2.70. The van der Waals surface area contributed by atoms with Crippen LogP contribution in [0.5, 0.6) is 0 Å². The van der Waals surface area contributed by atoms with E-state index in [1.54, 1.807) is 17.9 Å². The molecule has 0 aliphatic rings. The van der Waals surface area contributed by atoms with Gasteiger partial charge in [-0.1, -0.05) is 18.2 Å². The highest BCUT2D eigenvalue weighted by molar-refractivity contribution is 5.40. The molecule has 1 heterocycles. The molecule has 0 aliphatic carbocycles. The van der Waals surface area contributed by atoms with E-state index in [1.165, 1.54) is 6.33 Å². The molecular weight excluding hydrogens is 178 g/mol. The smallest absolute Gasteiger partial charge is 0.138 e. The number of nitrogens with zero attached hydrogens (tertiary/aromatic N) is 3. The molecule has 0 radical (unpaired) electrons. The first-order valence-electron chi connectivity index (χ1n) is 4.41. The normalized spacial score (nSPS) is 12.7. The predicted molar refractivity (Wildman–Crippen MR) is 52.0 cm³/mol. The summed E-state index contributed by atoms with van der Waals surface area (Å²) >= 11 is 0. The molecule has 4 nitrogen and oxygen atoms in total. The van der Waals surface area contributed by atoms with Crippen LogP contribution in [-0.4, -0.2) is 19.9 Å². The molecule has 1 N–H and O–H groups in total. The van der Waals surface area contributed by atoms with E-state index in [-0.39, 0.29) is 0 Å². The van der Waals surface area contributed by atoms with Crippen molar-refractivity contribution in [1.29, 1.82) is 0 Å². The topological polar surface area (TPSA) is 50.9 Å². The lowest BCUT2D eigenvalue weighted by Crippen LogP contribution is -2.02. The standard InChI is InChI=1S/C10H11N3O/c1-8(14)9-4-2-3-5-10(9)13-7-11-6-12-13/h2-8,14H,1H3/t8-/m0/s1. The summed E-state index contributed by atoms with van der Waals surface area (Å²) in [6, 6.07) is 7.57. The molecule has 0 unspecified atom stereocenters. The zero-order valence-electron chi connectivity index (χ0n) is 7.83. The van der Waals surface area contributed by atoms with E-state index in [1.807, 2.05) is 24.3 Å². The Balaban J connectivity index is 2.53. The van der Waals surface area contributed by atoms with Gasteiger partial charge in [0.2, 0.25) is 0 Å². The van der Waals surface area contributed by atoms with E-state index < -0.39 is 6.10 Å². The van der Waals surface area contributed by atoms with Crippen molar-refractivity contribution in [2.24, 2.45) is 0 Å². The molecule has 2 aromatic rings. The Morgan fingerprint density at radius 2 is 2.14 bits per heavy atom. The number of hydrogen-bond donors (Lipinski definition) is 1. The highest BCUT2D eigenvalue weighted by Crippen LogP contribution is 2.19. The largest absolute Gasteiger partial charge is 0.389 e. The van der Waals surface area contributed by atoms with Crippen LogP contribution in [0.15, 0.2) is 36.9 Å². The second-order valence-corrected chi connectivity index (χ2v) is 3.07. The molecular formula is C10H11N3O. The number of aromatic nitrogens is 3. The monoisotopic (exact) mass is 189 g/mol. The van der Waals surface area contributed by atoms with Gasteiger partial charge in [0.15, 0.2) is 0 Å². The van der Waals surface area contributed by atoms with Gasteiger partial charge in [0.1, 0.15) is 12.7 Å². The number of benzene rings is 1. The van der Waals surface area contributed by atoms with Crippen molar-refractivity contribution in [2.75, 3.05) is 0 Å². The highest BCUT2D eigenvalue weighted by Gasteiger charge is 2.08. The van der Waals surface area contributed by atoms with Gasteiger partial charge in [0.05, 0.1) is 11.8 Å². The maximum Gasteiger partial charge on any atom is 0.138 e. The molecule has 1 aromatic carbocycles. The Morgan fingerprint density at radius 3 is 2.79 bits per heavy atom. The van der Waals surface area contributed by atoms with E-state index in [9.17, 15) is 5.11 Å². The molecule has 0 saturated heterocycles. The predicted octanol–water partition coefficient (Wildman–Crippen LogP) is 1.32. The fraction of sp³-hybridized carbons (Fsp3) is 0.200. The molecule has 0 spiro atoms. The number of hydrogen-bond acceptors (Lipinski definition) is 3. The summed E-state index contributed by atoms with van der Waals surface area (Å²) in [6.07, 6.45) is 2.58. The van der Waals surface area contributed by atoms with Crippen LogP contribution in [0, 0.1) is 0 Å². The van der Waals surface area contributed by atoms with E-state index in [0.29, 0.717) is 0 Å². The van der Waals surface area contributed by atoms with Gasteiger partial charge in [-0.05, 0) is 13.0 Å². The van der Waals surface area contributed by atoms with Crippen LogP contribution in [0.25, 0.3) is 5.69 Å². The fourth-order valence-corrected chi connectivity index (χ4v) is 1.38. The van der Waals surface area contributed by atoms with Gasteiger partial charge < -0.3 is 5.11 Å². The number of aliphatic hydroxyl groups excluding tert-OH is 1. The third-order valence-corrected chi connectivity index (χ3v) is 2.05. The Kier molecular flexibility index (Phi) is 2.28. The minimum Gasteiger partial charge on any atom is -0.389 e. The van der Waals surface area contributed by atoms with Crippen LogP contribution in [0.3, 0.4) is 0 Å². The molecule has 4 heteroatoms. The molecule has 0 aliphatic heterocycles. The zero-order valence-corrected chi connectivity index (χ0v) is 7.83. The highest BCUT2D eigenvalue weighted by atomic mass is 16.3. The summed E-state index contributed by atoms with van der Waals surface area (Å²) in [5, 5.41) is 13.6. The van der Waals surface area contributed by atoms with Crippen molar-refractivity contribution in [3.63, 3.8) is 0 Å². The van der Waals surface area contributed by atoms with E-state index in [0.717, 1.165) is 11.3 Å². The lowest BCUT2D eigenvalue weighted by atomic mass is 10.1. The summed E-state index contributed by atoms with van der Waals surface area (Å²) in [5.74, 6) is 0. The Bertz CT molecular complexity index is 409. The first kappa shape index (κ1) is 8.90. The van der Waals surface area contributed by atoms with E-state index in [4.69, 9.17) is 0 Å². The van der Waals surface area contributed by atoms with Crippen LogP contribution in [0.2, 0.25) is 0 Å². The van der Waals surface area contributed by atoms with Gasteiger partial charge in [0, 0.05) is 5.56 Å². The summed E-state index contributed by atoms with van der Waals surface area (Å²) in [7, 11) is 0. The van der Waals surface area contributed by atoms with Gasteiger partial charge in [0.25, 0.3) is 0 Å². The van der Waals surface area contributed by atoms with Crippen molar-refractivity contribution in [1.82, 2.24) is 14.8 Å². The number of rotatable bonds is 2. The molecule has 14 heavy (non-hydrogen) atoms. The minimum absolute atomic E-state index is 0.504. The molecule has 0 bridgehead atoms. The van der Waals surface area contributed by atoms with Gasteiger partial charge >= 0.3 is 0 Å². The summed E-state index contributed by atoms with van der Waals surface area (Å²) in [5.41, 5.74) is 1.71. The molecule has 72 valence electrons. The van der Waals surface area contributed by atoms with Crippen LogP contribution in [0.4, 0.5) is 0 Å². The maximum absolute atomic E-state index is 9.54. The van der Waals surface area contributed by atoms with Gasteiger partial charge in [-0.2, -0.15) is 5.10 Å².